The minimum absolute atomic E-state index is 0.127. The van der Waals surface area contributed by atoms with Crippen LogP contribution in [0.2, 0.25) is 5.02 Å². The summed E-state index contributed by atoms with van der Waals surface area (Å²) in [5.41, 5.74) is 2.68. The number of aryl methyl sites for hydroxylation is 1. The van der Waals surface area contributed by atoms with Crippen molar-refractivity contribution in [3.63, 3.8) is 0 Å². The number of anilines is 1. The van der Waals surface area contributed by atoms with Crippen molar-refractivity contribution in [2.45, 2.75) is 12.8 Å². The molecule has 2 aromatic carbocycles. The Morgan fingerprint density at radius 2 is 1.87 bits per heavy atom. The Bertz CT molecular complexity index is 671. The zero-order chi connectivity index (χ0) is 16.8. The van der Waals surface area contributed by atoms with Gasteiger partial charge in [-0.2, -0.15) is 0 Å². The average Bonchev–Trinajstić information content (AvgIpc) is 2.51. The maximum atomic E-state index is 13.0. The fourth-order valence-electron chi connectivity index (χ4n) is 2.22. The van der Waals surface area contributed by atoms with Gasteiger partial charge in [-0.1, -0.05) is 23.7 Å². The van der Waals surface area contributed by atoms with Crippen molar-refractivity contribution in [1.82, 2.24) is 5.32 Å². The van der Waals surface area contributed by atoms with Crippen LogP contribution in [-0.2, 0) is 6.42 Å². The molecule has 1 N–H and O–H groups in total. The van der Waals surface area contributed by atoms with Crippen LogP contribution in [0.4, 0.5) is 10.1 Å². The van der Waals surface area contributed by atoms with Gasteiger partial charge in [0, 0.05) is 26.3 Å². The number of amides is 1. The Hall–Kier alpha value is -2.07. The zero-order valence-corrected chi connectivity index (χ0v) is 14.0. The van der Waals surface area contributed by atoms with Gasteiger partial charge in [0.25, 0.3) is 5.91 Å². The lowest BCUT2D eigenvalue weighted by Crippen LogP contribution is -2.25. The highest BCUT2D eigenvalue weighted by Gasteiger charge is 2.10. The molecule has 0 fully saturated rings. The molecule has 0 bridgehead atoms. The quantitative estimate of drug-likeness (QED) is 0.812. The summed E-state index contributed by atoms with van der Waals surface area (Å²) in [4.78, 5) is 14.0. The molecule has 0 saturated heterocycles. The van der Waals surface area contributed by atoms with Crippen LogP contribution in [0.25, 0.3) is 0 Å². The van der Waals surface area contributed by atoms with Crippen LogP contribution >= 0.6 is 11.6 Å². The maximum absolute atomic E-state index is 13.0. The summed E-state index contributed by atoms with van der Waals surface area (Å²) in [5.74, 6) is -0.731. The van der Waals surface area contributed by atoms with Gasteiger partial charge in [-0.15, -0.1) is 0 Å². The fourth-order valence-corrected chi connectivity index (χ4v) is 2.48. The first-order valence-electron chi connectivity index (χ1n) is 7.47. The molecule has 0 heterocycles. The van der Waals surface area contributed by atoms with Crippen LogP contribution < -0.4 is 10.2 Å². The first kappa shape index (κ1) is 17.3. The highest BCUT2D eigenvalue weighted by atomic mass is 35.5. The normalized spacial score (nSPS) is 10.4. The molecule has 0 atom stereocenters. The van der Waals surface area contributed by atoms with Gasteiger partial charge in [0.05, 0.1) is 10.6 Å². The van der Waals surface area contributed by atoms with E-state index in [0.717, 1.165) is 24.6 Å². The Balaban J connectivity index is 1.79. The minimum atomic E-state index is -0.451. The fraction of sp³-hybridized carbons (Fsp3) is 0.278. The monoisotopic (exact) mass is 334 g/mol. The predicted octanol–water partition coefficient (Wildman–Crippen LogP) is 3.91. The predicted molar refractivity (Wildman–Crippen MR) is 92.8 cm³/mol. The van der Waals surface area contributed by atoms with Gasteiger partial charge in [-0.25, -0.2) is 4.39 Å². The van der Waals surface area contributed by atoms with E-state index in [4.69, 9.17) is 11.6 Å². The third-order valence-electron chi connectivity index (χ3n) is 3.56. The Morgan fingerprint density at radius 3 is 2.48 bits per heavy atom. The summed E-state index contributed by atoms with van der Waals surface area (Å²) in [6.07, 6.45) is 1.71. The van der Waals surface area contributed by atoms with Crippen molar-refractivity contribution in [2.24, 2.45) is 0 Å². The molecular formula is C18H20ClFN2O. The van der Waals surface area contributed by atoms with Gasteiger partial charge in [0.2, 0.25) is 0 Å². The van der Waals surface area contributed by atoms with Gasteiger partial charge in [0.15, 0.2) is 0 Å². The summed E-state index contributed by atoms with van der Waals surface area (Å²) >= 11 is 5.87. The van der Waals surface area contributed by atoms with Crippen LogP contribution in [0.3, 0.4) is 0 Å². The number of hydrogen-bond acceptors (Lipinski definition) is 2. The van der Waals surface area contributed by atoms with Crippen molar-refractivity contribution < 1.29 is 9.18 Å². The van der Waals surface area contributed by atoms with E-state index in [-0.39, 0.29) is 10.9 Å². The number of carbonyl (C=O) groups is 1. The third kappa shape index (κ3) is 4.96. The summed E-state index contributed by atoms with van der Waals surface area (Å²) in [6.45, 7) is 0.544. The molecule has 0 radical (unpaired) electrons. The molecular weight excluding hydrogens is 315 g/mol. The second kappa shape index (κ2) is 7.97. The van der Waals surface area contributed by atoms with Gasteiger partial charge >= 0.3 is 0 Å². The van der Waals surface area contributed by atoms with Crippen LogP contribution in [0.5, 0.6) is 0 Å². The van der Waals surface area contributed by atoms with E-state index in [1.165, 1.54) is 17.7 Å². The van der Waals surface area contributed by atoms with E-state index in [2.05, 4.69) is 34.5 Å². The topological polar surface area (TPSA) is 32.3 Å². The first-order valence-corrected chi connectivity index (χ1v) is 7.84. The molecule has 23 heavy (non-hydrogen) atoms. The van der Waals surface area contributed by atoms with E-state index in [1.54, 1.807) is 0 Å². The molecule has 1 amide bonds. The number of carbonyl (C=O) groups excluding carboxylic acids is 1. The van der Waals surface area contributed by atoms with Gasteiger partial charge < -0.3 is 10.2 Å². The number of halogens is 2. The van der Waals surface area contributed by atoms with Crippen LogP contribution in [0.15, 0.2) is 42.5 Å². The molecule has 0 aliphatic carbocycles. The van der Waals surface area contributed by atoms with Crippen molar-refractivity contribution in [1.29, 1.82) is 0 Å². The highest BCUT2D eigenvalue weighted by Crippen LogP contribution is 2.17. The Kier molecular flexibility index (Phi) is 5.99. The number of hydrogen-bond donors (Lipinski definition) is 1. The molecule has 0 aliphatic rings. The minimum Gasteiger partial charge on any atom is -0.378 e. The van der Waals surface area contributed by atoms with Crippen molar-refractivity contribution >= 4 is 23.2 Å². The summed E-state index contributed by atoms with van der Waals surface area (Å²) in [6, 6.07) is 12.1. The van der Waals surface area contributed by atoms with Gasteiger partial charge in [-0.3, -0.25) is 4.79 Å². The lowest BCUT2D eigenvalue weighted by atomic mass is 10.1. The summed E-state index contributed by atoms with van der Waals surface area (Å²) in [7, 11) is 4.01. The van der Waals surface area contributed by atoms with E-state index < -0.39 is 5.82 Å². The number of rotatable bonds is 6. The second-order valence-electron chi connectivity index (χ2n) is 5.54. The molecule has 0 spiro atoms. The molecule has 0 unspecified atom stereocenters. The highest BCUT2D eigenvalue weighted by molar-refractivity contribution is 6.33. The van der Waals surface area contributed by atoms with Crippen LogP contribution in [0.1, 0.15) is 22.3 Å². The standard InChI is InChI=1S/C18H20ClFN2O/c1-22(2)15-8-5-13(6-9-15)4-3-11-21-18(23)16-10-7-14(20)12-17(16)19/h5-10,12H,3-4,11H2,1-2H3,(H,21,23). The first-order chi connectivity index (χ1) is 11.0. The van der Waals surface area contributed by atoms with Crippen molar-refractivity contribution in [3.05, 3.63) is 64.4 Å². The zero-order valence-electron chi connectivity index (χ0n) is 13.3. The number of nitrogens with one attached hydrogen (secondary N) is 1. The van der Waals surface area contributed by atoms with E-state index in [1.807, 2.05) is 14.1 Å². The lowest BCUT2D eigenvalue weighted by molar-refractivity contribution is 0.0953. The third-order valence-corrected chi connectivity index (χ3v) is 3.87. The molecule has 0 aromatic heterocycles. The summed E-state index contributed by atoms with van der Waals surface area (Å²) in [5, 5.41) is 2.93. The smallest absolute Gasteiger partial charge is 0.252 e. The average molecular weight is 335 g/mol. The van der Waals surface area contributed by atoms with Crippen molar-refractivity contribution in [2.75, 3.05) is 25.5 Å². The molecule has 3 nitrogen and oxygen atoms in total. The number of benzene rings is 2. The summed E-state index contributed by atoms with van der Waals surface area (Å²) < 4.78 is 13.0. The lowest BCUT2D eigenvalue weighted by Gasteiger charge is -2.12. The van der Waals surface area contributed by atoms with Crippen LogP contribution in [-0.4, -0.2) is 26.5 Å². The molecule has 0 aliphatic heterocycles. The number of nitrogens with zero attached hydrogens (tertiary/aromatic N) is 1. The Morgan fingerprint density at radius 1 is 1.17 bits per heavy atom. The maximum Gasteiger partial charge on any atom is 0.252 e. The molecule has 5 heteroatoms. The van der Waals surface area contributed by atoms with E-state index in [0.29, 0.717) is 12.1 Å². The van der Waals surface area contributed by atoms with E-state index >= 15 is 0 Å². The molecule has 2 aromatic rings. The molecule has 2 rings (SSSR count). The van der Waals surface area contributed by atoms with Gasteiger partial charge in [0.1, 0.15) is 5.82 Å². The second-order valence-corrected chi connectivity index (χ2v) is 5.95. The SMILES string of the molecule is CN(C)c1ccc(CCCNC(=O)c2ccc(F)cc2Cl)cc1. The largest absolute Gasteiger partial charge is 0.378 e. The van der Waals surface area contributed by atoms with Gasteiger partial charge in [-0.05, 0) is 48.7 Å². The van der Waals surface area contributed by atoms with Crippen molar-refractivity contribution in [3.8, 4) is 0 Å². The van der Waals surface area contributed by atoms with E-state index in [9.17, 15) is 9.18 Å². The molecule has 122 valence electrons. The Labute approximate surface area is 141 Å². The van der Waals surface area contributed by atoms with Crippen LogP contribution in [0, 0.1) is 5.82 Å². The molecule has 0 saturated carbocycles.